The van der Waals surface area contributed by atoms with Crippen LogP contribution in [0.25, 0.3) is 0 Å². The fourth-order valence-electron chi connectivity index (χ4n) is 6.84. The Morgan fingerprint density at radius 3 is 2.73 bits per heavy atom. The van der Waals surface area contributed by atoms with Crippen molar-refractivity contribution in [3.05, 3.63) is 11.6 Å². The lowest BCUT2D eigenvalue weighted by molar-refractivity contribution is -0.118. The summed E-state index contributed by atoms with van der Waals surface area (Å²) in [7, 11) is 0. The maximum absolute atomic E-state index is 11.9. The van der Waals surface area contributed by atoms with Crippen LogP contribution in [0.2, 0.25) is 0 Å². The van der Waals surface area contributed by atoms with Crippen LogP contribution in [0.5, 0.6) is 0 Å². The first-order valence-corrected chi connectivity index (χ1v) is 9.32. The van der Waals surface area contributed by atoms with Gasteiger partial charge in [0, 0.05) is 5.92 Å². The summed E-state index contributed by atoms with van der Waals surface area (Å²) in [6.07, 6.45) is 12.8. The van der Waals surface area contributed by atoms with Crippen LogP contribution in [0.1, 0.15) is 65.2 Å². The van der Waals surface area contributed by atoms with E-state index in [1.807, 2.05) is 0 Å². The lowest BCUT2D eigenvalue weighted by Crippen LogP contribution is -2.52. The zero-order valence-electron chi connectivity index (χ0n) is 14.1. The second-order valence-corrected chi connectivity index (χ2v) is 9.09. The number of aliphatic hydroxyl groups is 1. The molecule has 0 radical (unpaired) electrons. The molecule has 2 heteroatoms. The van der Waals surface area contributed by atoms with E-state index >= 15 is 0 Å². The number of carbonyl (C=O) groups is 1. The summed E-state index contributed by atoms with van der Waals surface area (Å²) < 4.78 is 0. The van der Waals surface area contributed by atoms with E-state index in [-0.39, 0.29) is 17.4 Å². The number of rotatable bonds is 1. The van der Waals surface area contributed by atoms with Gasteiger partial charge in [-0.15, -0.1) is 0 Å². The molecular formula is C20H30O2. The number of fused-ring (bicyclic) bond motifs is 5. The summed E-state index contributed by atoms with van der Waals surface area (Å²) in [5.41, 5.74) is 2.12. The number of allylic oxidation sites excluding steroid dienone is 1. The number of hydrogen-bond acceptors (Lipinski definition) is 2. The van der Waals surface area contributed by atoms with Crippen molar-refractivity contribution in [3.8, 4) is 0 Å². The van der Waals surface area contributed by atoms with Crippen LogP contribution in [0, 0.1) is 34.5 Å². The Balaban J connectivity index is 1.77. The fraction of sp³-hybridized carbons (Fsp3) is 0.850. The molecule has 0 aromatic carbocycles. The second-order valence-electron chi connectivity index (χ2n) is 9.09. The molecule has 3 saturated carbocycles. The smallest absolute Gasteiger partial charge is 0.127 e. The van der Waals surface area contributed by atoms with Gasteiger partial charge in [0.05, 0.1) is 6.10 Å². The standard InChI is InChI=1S/C20H30O2/c1-19-7-3-4-16(19)18-13(12-21)10-14-11-15(22)5-9-20(14,2)17(18)6-8-19/h10,12-13,15-18,22H,3-9,11H2,1-2H3/t13-,15+,16+,17+,18+,19+,20+/m1/s1. The van der Waals surface area contributed by atoms with Gasteiger partial charge in [-0.05, 0) is 73.5 Å². The van der Waals surface area contributed by atoms with E-state index in [0.29, 0.717) is 17.3 Å². The number of aldehydes is 1. The lowest BCUT2D eigenvalue weighted by Gasteiger charge is -2.58. The van der Waals surface area contributed by atoms with Crippen LogP contribution in [0.15, 0.2) is 11.6 Å². The molecule has 4 aliphatic rings. The Hall–Kier alpha value is -0.630. The molecule has 0 aromatic heterocycles. The topological polar surface area (TPSA) is 37.3 Å². The molecule has 3 fully saturated rings. The van der Waals surface area contributed by atoms with Gasteiger partial charge in [-0.2, -0.15) is 0 Å². The summed E-state index contributed by atoms with van der Waals surface area (Å²) >= 11 is 0. The Kier molecular flexibility index (Phi) is 3.35. The Morgan fingerprint density at radius 2 is 1.95 bits per heavy atom. The van der Waals surface area contributed by atoms with Crippen LogP contribution in [0.3, 0.4) is 0 Å². The highest BCUT2D eigenvalue weighted by Gasteiger charge is 2.58. The molecule has 1 N–H and O–H groups in total. The third-order valence-corrected chi connectivity index (χ3v) is 8.11. The molecule has 4 aliphatic carbocycles. The van der Waals surface area contributed by atoms with Crippen molar-refractivity contribution in [1.82, 2.24) is 0 Å². The highest BCUT2D eigenvalue weighted by atomic mass is 16.3. The predicted molar refractivity (Wildman–Crippen MR) is 87.3 cm³/mol. The van der Waals surface area contributed by atoms with Crippen LogP contribution in [-0.2, 0) is 4.79 Å². The van der Waals surface area contributed by atoms with Gasteiger partial charge < -0.3 is 9.90 Å². The van der Waals surface area contributed by atoms with Crippen molar-refractivity contribution in [3.63, 3.8) is 0 Å². The van der Waals surface area contributed by atoms with Crippen molar-refractivity contribution in [2.45, 2.75) is 71.3 Å². The normalized spacial score (nSPS) is 54.0. The summed E-state index contributed by atoms with van der Waals surface area (Å²) in [6.45, 7) is 4.91. The van der Waals surface area contributed by atoms with Crippen molar-refractivity contribution in [2.24, 2.45) is 34.5 Å². The highest BCUT2D eigenvalue weighted by molar-refractivity contribution is 5.59. The molecule has 0 saturated heterocycles. The van der Waals surface area contributed by atoms with Crippen molar-refractivity contribution < 1.29 is 9.90 Å². The molecule has 0 spiro atoms. The van der Waals surface area contributed by atoms with Crippen LogP contribution in [-0.4, -0.2) is 17.5 Å². The second kappa shape index (κ2) is 4.93. The fourth-order valence-corrected chi connectivity index (χ4v) is 6.84. The van der Waals surface area contributed by atoms with Crippen LogP contribution in [0.4, 0.5) is 0 Å². The van der Waals surface area contributed by atoms with Gasteiger partial charge in [0.2, 0.25) is 0 Å². The molecule has 122 valence electrons. The summed E-state index contributed by atoms with van der Waals surface area (Å²) in [6, 6.07) is 0. The first kappa shape index (κ1) is 14.9. The van der Waals surface area contributed by atoms with Gasteiger partial charge in [0.1, 0.15) is 6.29 Å². The van der Waals surface area contributed by atoms with E-state index in [1.165, 1.54) is 44.0 Å². The number of hydrogen-bond donors (Lipinski definition) is 1. The monoisotopic (exact) mass is 302 g/mol. The average Bonchev–Trinajstić information content (AvgIpc) is 2.89. The Bertz CT molecular complexity index is 510. The minimum absolute atomic E-state index is 0.0982. The summed E-state index contributed by atoms with van der Waals surface area (Å²) in [5, 5.41) is 10.1. The van der Waals surface area contributed by atoms with E-state index in [0.717, 1.165) is 25.2 Å². The number of aliphatic hydroxyl groups excluding tert-OH is 1. The van der Waals surface area contributed by atoms with Gasteiger partial charge in [-0.25, -0.2) is 0 Å². The molecule has 0 bridgehead atoms. The largest absolute Gasteiger partial charge is 0.393 e. The van der Waals surface area contributed by atoms with E-state index < -0.39 is 0 Å². The molecule has 0 aliphatic heterocycles. The van der Waals surface area contributed by atoms with Gasteiger partial charge in [-0.1, -0.05) is 31.9 Å². The molecular weight excluding hydrogens is 272 g/mol. The molecule has 0 unspecified atom stereocenters. The van der Waals surface area contributed by atoms with Crippen molar-refractivity contribution in [1.29, 1.82) is 0 Å². The summed E-state index contributed by atoms with van der Waals surface area (Å²) in [4.78, 5) is 11.9. The molecule has 22 heavy (non-hydrogen) atoms. The molecule has 0 aromatic rings. The molecule has 2 nitrogen and oxygen atoms in total. The molecule has 0 amide bonds. The Morgan fingerprint density at radius 1 is 1.14 bits per heavy atom. The van der Waals surface area contributed by atoms with Crippen molar-refractivity contribution >= 4 is 6.29 Å². The molecule has 4 rings (SSSR count). The minimum Gasteiger partial charge on any atom is -0.393 e. The number of carbonyl (C=O) groups excluding carboxylic acids is 1. The van der Waals surface area contributed by atoms with Gasteiger partial charge >= 0.3 is 0 Å². The molecule has 0 heterocycles. The third-order valence-electron chi connectivity index (χ3n) is 8.11. The third kappa shape index (κ3) is 1.92. The zero-order chi connectivity index (χ0) is 15.5. The van der Waals surface area contributed by atoms with E-state index in [4.69, 9.17) is 0 Å². The predicted octanol–water partition coefficient (Wildman–Crippen LogP) is 4.13. The van der Waals surface area contributed by atoms with E-state index in [2.05, 4.69) is 19.9 Å². The van der Waals surface area contributed by atoms with Gasteiger partial charge in [0.25, 0.3) is 0 Å². The van der Waals surface area contributed by atoms with Gasteiger partial charge in [-0.3, -0.25) is 0 Å². The first-order valence-electron chi connectivity index (χ1n) is 9.32. The van der Waals surface area contributed by atoms with Crippen LogP contribution >= 0.6 is 0 Å². The van der Waals surface area contributed by atoms with Gasteiger partial charge in [0.15, 0.2) is 0 Å². The van der Waals surface area contributed by atoms with E-state index in [9.17, 15) is 9.90 Å². The zero-order valence-corrected chi connectivity index (χ0v) is 14.1. The summed E-state index contributed by atoms with van der Waals surface area (Å²) in [5.74, 6) is 2.05. The van der Waals surface area contributed by atoms with Crippen molar-refractivity contribution in [2.75, 3.05) is 0 Å². The van der Waals surface area contributed by atoms with Crippen LogP contribution < -0.4 is 0 Å². The Labute approximate surface area is 134 Å². The minimum atomic E-state index is -0.191. The average molecular weight is 302 g/mol. The SMILES string of the molecule is C[C@@]12CCC[C@H]1[C@@H]1[C@@H](C=O)C=C3C[C@@H](O)CC[C@]3(C)[C@H]1CC2. The first-order chi connectivity index (χ1) is 10.5. The lowest BCUT2D eigenvalue weighted by atomic mass is 9.46. The van der Waals surface area contributed by atoms with E-state index in [1.54, 1.807) is 0 Å². The maximum Gasteiger partial charge on any atom is 0.127 e. The highest BCUT2D eigenvalue weighted by Crippen LogP contribution is 2.65. The molecule has 7 atom stereocenters. The quantitative estimate of drug-likeness (QED) is 0.584. The maximum atomic E-state index is 11.9.